The first kappa shape index (κ1) is 23.9. The number of ether oxygens (including phenoxy) is 2. The first-order valence-electron chi connectivity index (χ1n) is 9.42. The Labute approximate surface area is 188 Å². The monoisotopic (exact) mass is 480 g/mol. The molecule has 3 aromatic rings. The highest BCUT2D eigenvalue weighted by Gasteiger charge is 2.31. The molecule has 33 heavy (non-hydrogen) atoms. The van der Waals surface area contributed by atoms with Crippen LogP contribution in [0.2, 0.25) is 0 Å². The van der Waals surface area contributed by atoms with Gasteiger partial charge in [0, 0.05) is 17.3 Å². The molecule has 3 rings (SSSR count). The van der Waals surface area contributed by atoms with Crippen LogP contribution in [-0.2, 0) is 10.0 Å². The van der Waals surface area contributed by atoms with Gasteiger partial charge < -0.3 is 14.8 Å². The third-order valence-electron chi connectivity index (χ3n) is 4.44. The molecule has 0 aliphatic rings. The van der Waals surface area contributed by atoms with Crippen molar-refractivity contribution in [2.24, 2.45) is 0 Å². The molecule has 0 aliphatic carbocycles. The SMILES string of the molecule is COc1cc(NC(=O)c2ccccc2)c(C)cc1NS(=O)(=O)c1ccc(OC(F)(F)F)cc1. The maximum absolute atomic E-state index is 12.7. The molecule has 0 fully saturated rings. The van der Waals surface area contributed by atoms with Gasteiger partial charge in [0.25, 0.3) is 15.9 Å². The summed E-state index contributed by atoms with van der Waals surface area (Å²) in [4.78, 5) is 12.2. The van der Waals surface area contributed by atoms with Gasteiger partial charge in [-0.2, -0.15) is 0 Å². The number of carbonyl (C=O) groups excluding carboxylic acids is 1. The molecule has 0 aromatic heterocycles. The van der Waals surface area contributed by atoms with Crippen molar-refractivity contribution < 1.29 is 35.9 Å². The van der Waals surface area contributed by atoms with Gasteiger partial charge >= 0.3 is 6.36 Å². The van der Waals surface area contributed by atoms with Gasteiger partial charge in [0.05, 0.1) is 17.7 Å². The van der Waals surface area contributed by atoms with E-state index in [1.54, 1.807) is 37.3 Å². The third-order valence-corrected chi connectivity index (χ3v) is 5.82. The van der Waals surface area contributed by atoms with E-state index in [9.17, 15) is 26.4 Å². The molecule has 0 radical (unpaired) electrons. The molecule has 0 saturated carbocycles. The zero-order chi connectivity index (χ0) is 24.2. The van der Waals surface area contributed by atoms with Crippen LogP contribution in [0.5, 0.6) is 11.5 Å². The molecule has 0 aliphatic heterocycles. The standard InChI is InChI=1S/C22H19F3N2O5S/c1-14-12-19(20(31-2)13-18(14)26-21(28)15-6-4-3-5-7-15)27-33(29,30)17-10-8-16(9-11-17)32-22(23,24)25/h3-13,27H,1-2H3,(H,26,28). The number of alkyl halides is 3. The Bertz CT molecular complexity index is 1250. The van der Waals surface area contributed by atoms with E-state index in [0.29, 0.717) is 16.8 Å². The van der Waals surface area contributed by atoms with Crippen molar-refractivity contribution in [3.8, 4) is 11.5 Å². The number of methoxy groups -OCH3 is 1. The fourth-order valence-corrected chi connectivity index (χ4v) is 3.94. The lowest BCUT2D eigenvalue weighted by atomic mass is 10.1. The van der Waals surface area contributed by atoms with Crippen LogP contribution in [0.15, 0.2) is 71.6 Å². The minimum atomic E-state index is -4.89. The van der Waals surface area contributed by atoms with Crippen molar-refractivity contribution in [1.82, 2.24) is 0 Å². The van der Waals surface area contributed by atoms with E-state index < -0.39 is 22.1 Å². The fraction of sp³-hybridized carbons (Fsp3) is 0.136. The number of aryl methyl sites for hydroxylation is 1. The summed E-state index contributed by atoms with van der Waals surface area (Å²) in [6.45, 7) is 1.67. The van der Waals surface area contributed by atoms with Crippen LogP contribution in [-0.4, -0.2) is 27.8 Å². The summed E-state index contributed by atoms with van der Waals surface area (Å²) in [5, 5.41) is 2.75. The Kier molecular flexibility index (Phi) is 6.82. The highest BCUT2D eigenvalue weighted by atomic mass is 32.2. The number of hydrogen-bond donors (Lipinski definition) is 2. The molecule has 174 valence electrons. The molecule has 0 unspecified atom stereocenters. The summed E-state index contributed by atoms with van der Waals surface area (Å²) in [7, 11) is -2.83. The van der Waals surface area contributed by atoms with Crippen LogP contribution in [0.3, 0.4) is 0 Å². The zero-order valence-electron chi connectivity index (χ0n) is 17.4. The molecule has 0 bridgehead atoms. The van der Waals surface area contributed by atoms with Crippen LogP contribution in [0.4, 0.5) is 24.5 Å². The maximum Gasteiger partial charge on any atom is 0.573 e. The van der Waals surface area contributed by atoms with Crippen molar-refractivity contribution in [3.63, 3.8) is 0 Å². The van der Waals surface area contributed by atoms with Crippen molar-refractivity contribution in [2.75, 3.05) is 17.1 Å². The predicted molar refractivity (Wildman–Crippen MR) is 116 cm³/mol. The lowest BCUT2D eigenvalue weighted by Gasteiger charge is -2.16. The van der Waals surface area contributed by atoms with Gasteiger partial charge in [-0.05, 0) is 55.0 Å². The highest BCUT2D eigenvalue weighted by molar-refractivity contribution is 7.92. The highest BCUT2D eigenvalue weighted by Crippen LogP contribution is 2.33. The first-order valence-corrected chi connectivity index (χ1v) is 10.9. The average Bonchev–Trinajstić information content (AvgIpc) is 2.75. The Hall–Kier alpha value is -3.73. The van der Waals surface area contributed by atoms with E-state index in [4.69, 9.17) is 4.74 Å². The van der Waals surface area contributed by atoms with E-state index in [1.807, 2.05) is 0 Å². The summed E-state index contributed by atoms with van der Waals surface area (Å²) in [5.74, 6) is -0.770. The predicted octanol–water partition coefficient (Wildman–Crippen LogP) is 4.96. The quantitative estimate of drug-likeness (QED) is 0.499. The first-order chi connectivity index (χ1) is 15.5. The smallest absolute Gasteiger partial charge is 0.494 e. The molecule has 0 spiro atoms. The molecule has 11 heteroatoms. The molecule has 3 aromatic carbocycles. The second-order valence-corrected chi connectivity index (χ2v) is 8.49. The molecule has 2 N–H and O–H groups in total. The number of nitrogens with one attached hydrogen (secondary N) is 2. The molecular weight excluding hydrogens is 461 g/mol. The van der Waals surface area contributed by atoms with Gasteiger partial charge in [-0.3, -0.25) is 9.52 Å². The van der Waals surface area contributed by atoms with Crippen LogP contribution in [0, 0.1) is 6.92 Å². The van der Waals surface area contributed by atoms with Crippen LogP contribution in [0.1, 0.15) is 15.9 Å². The Morgan fingerprint density at radius 3 is 2.15 bits per heavy atom. The second kappa shape index (κ2) is 9.41. The summed E-state index contributed by atoms with van der Waals surface area (Å²) in [5.41, 5.74) is 1.49. The van der Waals surface area contributed by atoms with Gasteiger partial charge in [-0.15, -0.1) is 13.2 Å². The summed E-state index contributed by atoms with van der Waals surface area (Å²) in [6.07, 6.45) is -4.89. The van der Waals surface area contributed by atoms with Crippen LogP contribution >= 0.6 is 0 Å². The number of amides is 1. The number of anilines is 2. The number of benzene rings is 3. The third kappa shape index (κ3) is 6.16. The molecule has 1 amide bonds. The number of carbonyl (C=O) groups is 1. The summed E-state index contributed by atoms with van der Waals surface area (Å²) >= 11 is 0. The number of sulfonamides is 1. The molecule has 0 saturated heterocycles. The average molecular weight is 480 g/mol. The van der Waals surface area contributed by atoms with Crippen molar-refractivity contribution >= 4 is 27.3 Å². The zero-order valence-corrected chi connectivity index (χ0v) is 18.3. The van der Waals surface area contributed by atoms with Gasteiger partial charge in [-0.25, -0.2) is 8.42 Å². The fourth-order valence-electron chi connectivity index (χ4n) is 2.88. The number of rotatable bonds is 7. The molecule has 0 heterocycles. The minimum Gasteiger partial charge on any atom is -0.494 e. The van der Waals surface area contributed by atoms with Crippen molar-refractivity contribution in [3.05, 3.63) is 77.9 Å². The minimum absolute atomic E-state index is 0.0864. The van der Waals surface area contributed by atoms with E-state index in [2.05, 4.69) is 14.8 Å². The largest absolute Gasteiger partial charge is 0.573 e. The normalized spacial score (nSPS) is 11.5. The van der Waals surface area contributed by atoms with E-state index >= 15 is 0 Å². The maximum atomic E-state index is 12.7. The van der Waals surface area contributed by atoms with Crippen molar-refractivity contribution in [2.45, 2.75) is 18.2 Å². The van der Waals surface area contributed by atoms with Crippen LogP contribution in [0.25, 0.3) is 0 Å². The topological polar surface area (TPSA) is 93.7 Å². The van der Waals surface area contributed by atoms with Gasteiger partial charge in [0.15, 0.2) is 0 Å². The Morgan fingerprint density at radius 1 is 0.939 bits per heavy atom. The van der Waals surface area contributed by atoms with Gasteiger partial charge in [0.2, 0.25) is 0 Å². The molecule has 7 nitrogen and oxygen atoms in total. The number of hydrogen-bond acceptors (Lipinski definition) is 5. The van der Waals surface area contributed by atoms with E-state index in [-0.39, 0.29) is 22.2 Å². The van der Waals surface area contributed by atoms with E-state index in [1.165, 1.54) is 19.2 Å². The lowest BCUT2D eigenvalue weighted by Crippen LogP contribution is -2.17. The molecular formula is C22H19F3N2O5S. The molecule has 0 atom stereocenters. The van der Waals surface area contributed by atoms with Crippen LogP contribution < -0.4 is 19.5 Å². The van der Waals surface area contributed by atoms with E-state index in [0.717, 1.165) is 24.3 Å². The Morgan fingerprint density at radius 2 is 1.58 bits per heavy atom. The summed E-state index contributed by atoms with van der Waals surface area (Å²) < 4.78 is 73.7. The van der Waals surface area contributed by atoms with Gasteiger partial charge in [0.1, 0.15) is 11.5 Å². The lowest BCUT2D eigenvalue weighted by molar-refractivity contribution is -0.274. The van der Waals surface area contributed by atoms with Crippen molar-refractivity contribution in [1.29, 1.82) is 0 Å². The second-order valence-electron chi connectivity index (χ2n) is 6.81. The number of halogens is 3. The summed E-state index contributed by atoms with van der Waals surface area (Å²) in [6, 6.07) is 15.2. The van der Waals surface area contributed by atoms with Gasteiger partial charge in [-0.1, -0.05) is 18.2 Å². The Balaban J connectivity index is 1.83.